The maximum atomic E-state index is 13.8. The first-order valence-electron chi connectivity index (χ1n) is 10.6. The first kappa shape index (κ1) is 23.3. The van der Waals surface area contributed by atoms with E-state index in [2.05, 4.69) is 25.8 Å². The van der Waals surface area contributed by atoms with Crippen LogP contribution in [0, 0.1) is 17.6 Å². The number of halogens is 5. The lowest BCUT2D eigenvalue weighted by Gasteiger charge is -2.34. The predicted molar refractivity (Wildman–Crippen MR) is 113 cm³/mol. The van der Waals surface area contributed by atoms with E-state index in [1.165, 1.54) is 6.20 Å². The maximum absolute atomic E-state index is 13.8. The number of ether oxygens (including phenoxy) is 1. The molecule has 1 saturated heterocycles. The van der Waals surface area contributed by atoms with Crippen LogP contribution >= 0.6 is 11.6 Å². The van der Waals surface area contributed by atoms with Crippen LogP contribution < -0.4 is 20.5 Å². The van der Waals surface area contributed by atoms with E-state index >= 15 is 0 Å². The maximum Gasteiger partial charge on any atom is 0.387 e. The van der Waals surface area contributed by atoms with Gasteiger partial charge in [0, 0.05) is 31.1 Å². The Bertz CT molecular complexity index is 1020. The molecule has 2 aromatic rings. The third kappa shape index (κ3) is 5.76. The molecular formula is C21H22ClF4N5O2. The number of alkyl halides is 2. The van der Waals surface area contributed by atoms with Crippen LogP contribution in [0.5, 0.6) is 5.75 Å². The zero-order valence-corrected chi connectivity index (χ0v) is 18.2. The van der Waals surface area contributed by atoms with Gasteiger partial charge in [-0.05, 0) is 43.6 Å². The molecule has 2 aliphatic rings. The number of rotatable bonds is 8. The van der Waals surface area contributed by atoms with Gasteiger partial charge >= 0.3 is 6.61 Å². The summed E-state index contributed by atoms with van der Waals surface area (Å²) in [4.78, 5) is 13.8. The Hall–Kier alpha value is -2.82. The monoisotopic (exact) mass is 487 g/mol. The molecule has 0 atom stereocenters. The third-order valence-electron chi connectivity index (χ3n) is 5.81. The highest BCUT2D eigenvalue weighted by atomic mass is 35.5. The Morgan fingerprint density at radius 1 is 1.18 bits per heavy atom. The number of carbonyl (C=O) groups excluding carboxylic acids is 1. The summed E-state index contributed by atoms with van der Waals surface area (Å²) in [6, 6.07) is 1.57. The second-order valence-corrected chi connectivity index (χ2v) is 8.54. The molecule has 1 saturated carbocycles. The standard InChI is InChI=1S/C21H22ClF4N5O2/c22-19-16(10-27-29-20(19)30-28-18(32)7-11-1-2-11)31-5-3-12(4-6-31)13-8-14(23)15(24)9-17(13)33-21(25)26/h8-12,21H,1-7H2,(H,28,32)(H,29,30). The van der Waals surface area contributed by atoms with E-state index < -0.39 is 18.2 Å². The van der Waals surface area contributed by atoms with Crippen LogP contribution in [-0.2, 0) is 4.79 Å². The summed E-state index contributed by atoms with van der Waals surface area (Å²) in [5, 5.41) is 8.12. The van der Waals surface area contributed by atoms with Gasteiger partial charge in [-0.15, -0.1) is 5.10 Å². The van der Waals surface area contributed by atoms with Gasteiger partial charge in [0.15, 0.2) is 17.5 Å². The zero-order valence-electron chi connectivity index (χ0n) is 17.5. The molecule has 1 aliphatic carbocycles. The van der Waals surface area contributed by atoms with E-state index in [1.807, 2.05) is 4.90 Å². The molecule has 178 valence electrons. The van der Waals surface area contributed by atoms with Crippen LogP contribution in [-0.4, -0.2) is 35.8 Å². The molecule has 2 N–H and O–H groups in total. The van der Waals surface area contributed by atoms with Gasteiger partial charge in [-0.1, -0.05) is 11.6 Å². The number of anilines is 2. The number of nitrogens with zero attached hydrogens (tertiary/aromatic N) is 3. The summed E-state index contributed by atoms with van der Waals surface area (Å²) in [5.41, 5.74) is 6.05. The molecule has 7 nitrogen and oxygen atoms in total. The molecule has 1 aromatic heterocycles. The summed E-state index contributed by atoms with van der Waals surface area (Å²) < 4.78 is 57.2. The van der Waals surface area contributed by atoms with Crippen molar-refractivity contribution in [2.45, 2.75) is 44.6 Å². The average Bonchev–Trinajstić information content (AvgIpc) is 3.59. The van der Waals surface area contributed by atoms with Gasteiger partial charge in [0.25, 0.3) is 0 Å². The minimum absolute atomic E-state index is 0.157. The molecule has 2 fully saturated rings. The second kappa shape index (κ2) is 9.98. The van der Waals surface area contributed by atoms with Crippen molar-refractivity contribution in [1.29, 1.82) is 0 Å². The zero-order chi connectivity index (χ0) is 23.5. The Labute approximate surface area is 192 Å². The molecule has 1 aliphatic heterocycles. The Balaban J connectivity index is 1.42. The SMILES string of the molecule is O=C(CC1CC1)NNc1nncc(N2CCC(c3cc(F)c(F)cc3OC(F)F)CC2)c1Cl. The van der Waals surface area contributed by atoms with Crippen LogP contribution in [0.15, 0.2) is 18.3 Å². The fraction of sp³-hybridized carbons (Fsp3) is 0.476. The molecule has 1 amide bonds. The van der Waals surface area contributed by atoms with E-state index in [9.17, 15) is 22.4 Å². The molecule has 33 heavy (non-hydrogen) atoms. The minimum atomic E-state index is -3.15. The number of benzene rings is 1. The highest BCUT2D eigenvalue weighted by Crippen LogP contribution is 2.39. The number of nitrogens with one attached hydrogen (secondary N) is 2. The summed E-state index contributed by atoms with van der Waals surface area (Å²) in [6.07, 6.45) is 4.96. The van der Waals surface area contributed by atoms with Gasteiger partial charge in [0.05, 0.1) is 11.9 Å². The number of aromatic nitrogens is 2. The molecule has 12 heteroatoms. The molecular weight excluding hydrogens is 466 g/mol. The Morgan fingerprint density at radius 3 is 2.55 bits per heavy atom. The number of piperidine rings is 1. The number of hydrazine groups is 1. The van der Waals surface area contributed by atoms with Crippen LogP contribution in [0.3, 0.4) is 0 Å². The summed E-state index contributed by atoms with van der Waals surface area (Å²) in [7, 11) is 0. The van der Waals surface area contributed by atoms with Crippen molar-refractivity contribution in [1.82, 2.24) is 15.6 Å². The average molecular weight is 488 g/mol. The first-order valence-corrected chi connectivity index (χ1v) is 10.9. The quantitative estimate of drug-likeness (QED) is 0.417. The molecule has 2 heterocycles. The molecule has 4 rings (SSSR count). The highest BCUT2D eigenvalue weighted by molar-refractivity contribution is 6.35. The van der Waals surface area contributed by atoms with E-state index in [1.54, 1.807) is 0 Å². The van der Waals surface area contributed by atoms with Gasteiger partial charge in [-0.2, -0.15) is 13.9 Å². The fourth-order valence-electron chi connectivity index (χ4n) is 3.92. The van der Waals surface area contributed by atoms with Gasteiger partial charge in [-0.3, -0.25) is 15.6 Å². The number of hydrogen-bond acceptors (Lipinski definition) is 6. The Kier molecular flexibility index (Phi) is 7.06. The molecule has 0 unspecified atom stereocenters. The normalized spacial score (nSPS) is 16.7. The number of carbonyl (C=O) groups is 1. The largest absolute Gasteiger partial charge is 0.434 e. The Morgan fingerprint density at radius 2 is 1.88 bits per heavy atom. The van der Waals surface area contributed by atoms with Crippen LogP contribution in [0.2, 0.25) is 5.02 Å². The fourth-order valence-corrected chi connectivity index (χ4v) is 4.17. The lowest BCUT2D eigenvalue weighted by Crippen LogP contribution is -2.34. The number of hydrogen-bond donors (Lipinski definition) is 2. The van der Waals surface area contributed by atoms with Crippen molar-refractivity contribution in [3.8, 4) is 5.75 Å². The lowest BCUT2D eigenvalue weighted by atomic mass is 9.88. The predicted octanol–water partition coefficient (Wildman–Crippen LogP) is 4.64. The number of amides is 1. The van der Waals surface area contributed by atoms with E-state index in [-0.39, 0.29) is 34.0 Å². The smallest absolute Gasteiger partial charge is 0.387 e. The van der Waals surface area contributed by atoms with Crippen molar-refractivity contribution >= 4 is 29.0 Å². The topological polar surface area (TPSA) is 79.4 Å². The van der Waals surface area contributed by atoms with Gasteiger partial charge in [0.1, 0.15) is 10.8 Å². The van der Waals surface area contributed by atoms with E-state index in [0.717, 1.165) is 18.9 Å². The summed E-state index contributed by atoms with van der Waals surface area (Å²) in [6.45, 7) is -2.24. The van der Waals surface area contributed by atoms with Crippen molar-refractivity contribution < 1.29 is 27.1 Å². The van der Waals surface area contributed by atoms with Crippen LogP contribution in [0.4, 0.5) is 29.1 Å². The molecule has 0 radical (unpaired) electrons. The van der Waals surface area contributed by atoms with Gasteiger partial charge in [-0.25, -0.2) is 8.78 Å². The molecule has 0 spiro atoms. The van der Waals surface area contributed by atoms with Crippen molar-refractivity contribution in [3.05, 3.63) is 40.6 Å². The van der Waals surface area contributed by atoms with Crippen LogP contribution in [0.1, 0.15) is 43.6 Å². The van der Waals surface area contributed by atoms with Crippen molar-refractivity contribution in [2.24, 2.45) is 5.92 Å². The van der Waals surface area contributed by atoms with Crippen molar-refractivity contribution in [2.75, 3.05) is 23.4 Å². The minimum Gasteiger partial charge on any atom is -0.434 e. The van der Waals surface area contributed by atoms with Gasteiger partial charge in [0.2, 0.25) is 5.91 Å². The summed E-state index contributed by atoms with van der Waals surface area (Å²) >= 11 is 6.47. The van der Waals surface area contributed by atoms with Crippen LogP contribution in [0.25, 0.3) is 0 Å². The highest BCUT2D eigenvalue weighted by Gasteiger charge is 2.28. The first-order chi connectivity index (χ1) is 15.8. The molecule has 1 aromatic carbocycles. The second-order valence-electron chi connectivity index (χ2n) is 8.16. The third-order valence-corrected chi connectivity index (χ3v) is 6.18. The van der Waals surface area contributed by atoms with E-state index in [4.69, 9.17) is 11.6 Å². The lowest BCUT2D eigenvalue weighted by molar-refractivity contribution is -0.120. The van der Waals surface area contributed by atoms with E-state index in [0.29, 0.717) is 50.0 Å². The van der Waals surface area contributed by atoms with Crippen molar-refractivity contribution in [3.63, 3.8) is 0 Å². The summed E-state index contributed by atoms with van der Waals surface area (Å²) in [5.74, 6) is -2.55. The molecule has 0 bridgehead atoms. The van der Waals surface area contributed by atoms with Gasteiger partial charge < -0.3 is 9.64 Å².